The van der Waals surface area contributed by atoms with Crippen LogP contribution in [-0.4, -0.2) is 58.5 Å². The number of allylic oxidation sites excluding steroid dienone is 4. The molecule has 0 radical (unpaired) electrons. The Labute approximate surface area is 216 Å². The van der Waals surface area contributed by atoms with Crippen LogP contribution in [0.3, 0.4) is 0 Å². The zero-order valence-electron chi connectivity index (χ0n) is 23.0. The highest BCUT2D eigenvalue weighted by Gasteiger charge is 2.29. The first-order valence-corrected chi connectivity index (χ1v) is 13.7. The Morgan fingerprint density at radius 1 is 1.17 bits per heavy atom. The van der Waals surface area contributed by atoms with Crippen LogP contribution in [-0.2, 0) is 18.3 Å². The fourth-order valence-electron chi connectivity index (χ4n) is 6.19. The number of ketones is 2. The summed E-state index contributed by atoms with van der Waals surface area (Å²) in [4.78, 5) is 31.4. The summed E-state index contributed by atoms with van der Waals surface area (Å²) < 4.78 is 1.88. The van der Waals surface area contributed by atoms with Gasteiger partial charge < -0.3 is 9.80 Å². The Kier molecular flexibility index (Phi) is 8.13. The number of nitrogens with zero attached hydrogens (tertiary/aromatic N) is 4. The average molecular weight is 491 g/mol. The van der Waals surface area contributed by atoms with Gasteiger partial charge in [-0.2, -0.15) is 5.10 Å². The maximum Gasteiger partial charge on any atom is 0.163 e. The van der Waals surface area contributed by atoms with E-state index in [1.165, 1.54) is 5.69 Å². The molecular weight excluding hydrogens is 448 g/mol. The van der Waals surface area contributed by atoms with Gasteiger partial charge in [-0.15, -0.1) is 0 Å². The molecule has 0 amide bonds. The molecular formula is C30H42N4O2. The summed E-state index contributed by atoms with van der Waals surface area (Å²) in [6.45, 7) is 14.8. The Balaban J connectivity index is 1.71. The predicted octanol–water partition coefficient (Wildman–Crippen LogP) is 5.64. The average Bonchev–Trinajstić information content (AvgIpc) is 3.23. The standard InChI is InChI=1S/C30H42N4O2/c1-7-23-25(28(35)11-10-24-21(5)16-20(4)17-29(24)36)18-27-26(19-31-32(27)6)30(23)34(9-3)22-12-14-33(8-2)15-13-22/h16,18-19,22H,7-15,17H2,1-6H3. The summed E-state index contributed by atoms with van der Waals surface area (Å²) in [6.07, 6.45) is 8.42. The minimum atomic E-state index is 0.118. The van der Waals surface area contributed by atoms with E-state index in [2.05, 4.69) is 41.7 Å². The maximum atomic E-state index is 13.7. The highest BCUT2D eigenvalue weighted by atomic mass is 16.1. The number of fused-ring (bicyclic) bond motifs is 1. The Bertz CT molecular complexity index is 1210. The minimum Gasteiger partial charge on any atom is -0.368 e. The summed E-state index contributed by atoms with van der Waals surface area (Å²) in [5.74, 6) is 0.279. The molecule has 194 valence electrons. The Morgan fingerprint density at radius 3 is 2.50 bits per heavy atom. The number of piperidine rings is 1. The third-order valence-corrected chi connectivity index (χ3v) is 8.18. The third-order valence-electron chi connectivity index (χ3n) is 8.18. The van der Waals surface area contributed by atoms with Crippen LogP contribution in [0.15, 0.2) is 35.1 Å². The van der Waals surface area contributed by atoms with Crippen molar-refractivity contribution in [3.05, 3.63) is 46.2 Å². The van der Waals surface area contributed by atoms with Gasteiger partial charge in [-0.05, 0) is 75.8 Å². The van der Waals surface area contributed by atoms with Crippen LogP contribution in [0.25, 0.3) is 10.9 Å². The van der Waals surface area contributed by atoms with Gasteiger partial charge in [-0.25, -0.2) is 0 Å². The van der Waals surface area contributed by atoms with Crippen molar-refractivity contribution in [1.82, 2.24) is 14.7 Å². The normalized spacial score (nSPS) is 17.7. The molecule has 6 heteroatoms. The quantitative estimate of drug-likeness (QED) is 0.426. The molecule has 0 N–H and O–H groups in total. The molecule has 2 heterocycles. The second-order valence-corrected chi connectivity index (χ2v) is 10.4. The molecule has 1 saturated heterocycles. The lowest BCUT2D eigenvalue weighted by atomic mass is 9.87. The molecule has 1 aromatic carbocycles. The van der Waals surface area contributed by atoms with E-state index in [1.807, 2.05) is 37.8 Å². The van der Waals surface area contributed by atoms with Crippen molar-refractivity contribution < 1.29 is 9.59 Å². The first-order chi connectivity index (χ1) is 17.3. The van der Waals surface area contributed by atoms with Gasteiger partial charge in [-0.1, -0.05) is 25.5 Å². The monoisotopic (exact) mass is 490 g/mol. The van der Waals surface area contributed by atoms with E-state index in [9.17, 15) is 9.59 Å². The largest absolute Gasteiger partial charge is 0.368 e. The molecule has 0 saturated carbocycles. The SMILES string of the molecule is CCc1c(C(=O)CCC2=C(C)C=C(C)CC2=O)cc2c(cnn2C)c1N(CC)C1CCN(CC)CC1. The van der Waals surface area contributed by atoms with Crippen LogP contribution in [0, 0.1) is 0 Å². The molecule has 0 bridgehead atoms. The topological polar surface area (TPSA) is 58.4 Å². The van der Waals surface area contributed by atoms with Gasteiger partial charge in [0.15, 0.2) is 11.6 Å². The van der Waals surface area contributed by atoms with Crippen molar-refractivity contribution in [3.63, 3.8) is 0 Å². The van der Waals surface area contributed by atoms with E-state index in [0.717, 1.165) is 84.2 Å². The molecule has 6 nitrogen and oxygen atoms in total. The zero-order valence-corrected chi connectivity index (χ0v) is 23.0. The lowest BCUT2D eigenvalue weighted by Crippen LogP contribution is -2.45. The molecule has 4 rings (SSSR count). The van der Waals surface area contributed by atoms with Crippen LogP contribution >= 0.6 is 0 Å². The lowest BCUT2D eigenvalue weighted by Gasteiger charge is -2.40. The summed E-state index contributed by atoms with van der Waals surface area (Å²) >= 11 is 0. The number of rotatable bonds is 9. The van der Waals surface area contributed by atoms with Gasteiger partial charge >= 0.3 is 0 Å². The number of carbonyl (C=O) groups excluding carboxylic acids is 2. The molecule has 36 heavy (non-hydrogen) atoms. The second kappa shape index (κ2) is 11.1. The van der Waals surface area contributed by atoms with Crippen LogP contribution < -0.4 is 4.90 Å². The summed E-state index contributed by atoms with van der Waals surface area (Å²) in [7, 11) is 1.95. The summed E-state index contributed by atoms with van der Waals surface area (Å²) in [5, 5.41) is 5.71. The zero-order chi connectivity index (χ0) is 26.0. The van der Waals surface area contributed by atoms with Crippen LogP contribution in [0.2, 0.25) is 0 Å². The fraction of sp³-hybridized carbons (Fsp3) is 0.567. The van der Waals surface area contributed by atoms with E-state index in [-0.39, 0.29) is 11.6 Å². The molecule has 0 unspecified atom stereocenters. The maximum absolute atomic E-state index is 13.7. The smallest absolute Gasteiger partial charge is 0.163 e. The molecule has 2 aromatic rings. The van der Waals surface area contributed by atoms with E-state index in [1.54, 1.807) is 0 Å². The minimum absolute atomic E-state index is 0.118. The van der Waals surface area contributed by atoms with Crippen molar-refractivity contribution in [2.45, 2.75) is 79.2 Å². The van der Waals surface area contributed by atoms with Crippen molar-refractivity contribution in [1.29, 1.82) is 0 Å². The molecule has 0 atom stereocenters. The molecule has 2 aliphatic rings. The highest BCUT2D eigenvalue weighted by molar-refractivity contribution is 6.07. The van der Waals surface area contributed by atoms with E-state index < -0.39 is 0 Å². The van der Waals surface area contributed by atoms with Gasteiger partial charge in [0.1, 0.15) is 0 Å². The van der Waals surface area contributed by atoms with Gasteiger partial charge in [0.05, 0.1) is 17.4 Å². The van der Waals surface area contributed by atoms with Crippen molar-refractivity contribution in [2.75, 3.05) is 31.1 Å². The van der Waals surface area contributed by atoms with Gasteiger partial charge in [-0.3, -0.25) is 14.3 Å². The fourth-order valence-corrected chi connectivity index (χ4v) is 6.19. The van der Waals surface area contributed by atoms with Gasteiger partial charge in [0.2, 0.25) is 0 Å². The number of carbonyl (C=O) groups is 2. The van der Waals surface area contributed by atoms with E-state index >= 15 is 0 Å². The van der Waals surface area contributed by atoms with Crippen molar-refractivity contribution in [3.8, 4) is 0 Å². The summed E-state index contributed by atoms with van der Waals surface area (Å²) in [5.41, 5.74) is 7.01. The number of anilines is 1. The molecule has 0 spiro atoms. The number of hydrogen-bond donors (Lipinski definition) is 0. The number of aromatic nitrogens is 2. The van der Waals surface area contributed by atoms with Crippen molar-refractivity contribution >= 4 is 28.2 Å². The summed E-state index contributed by atoms with van der Waals surface area (Å²) in [6, 6.07) is 2.49. The van der Waals surface area contributed by atoms with Gasteiger partial charge in [0.25, 0.3) is 0 Å². The highest BCUT2D eigenvalue weighted by Crippen LogP contribution is 2.38. The predicted molar refractivity (Wildman–Crippen MR) is 148 cm³/mol. The first kappa shape index (κ1) is 26.3. The number of hydrogen-bond acceptors (Lipinski definition) is 5. The Hall–Kier alpha value is -2.73. The van der Waals surface area contributed by atoms with Crippen LogP contribution in [0.1, 0.15) is 82.6 Å². The molecule has 1 aliphatic heterocycles. The van der Waals surface area contributed by atoms with Crippen LogP contribution in [0.5, 0.6) is 0 Å². The molecule has 1 fully saturated rings. The number of likely N-dealkylation sites (tertiary alicyclic amines) is 1. The first-order valence-electron chi connectivity index (χ1n) is 13.7. The number of Topliss-reactive ketones (excluding diaryl/α,β-unsaturated/α-hetero) is 2. The molecule has 1 aromatic heterocycles. The number of aryl methyl sites for hydroxylation is 1. The van der Waals surface area contributed by atoms with Crippen molar-refractivity contribution in [2.24, 2.45) is 7.05 Å². The van der Waals surface area contributed by atoms with E-state index in [4.69, 9.17) is 0 Å². The van der Waals surface area contributed by atoms with Crippen LogP contribution in [0.4, 0.5) is 5.69 Å². The number of benzene rings is 1. The second-order valence-electron chi connectivity index (χ2n) is 10.4. The lowest BCUT2D eigenvalue weighted by molar-refractivity contribution is -0.115. The molecule has 1 aliphatic carbocycles. The third kappa shape index (κ3) is 5.06. The van der Waals surface area contributed by atoms with Gasteiger partial charge in [0, 0.05) is 56.5 Å². The van der Waals surface area contributed by atoms with E-state index in [0.29, 0.717) is 25.3 Å². The Morgan fingerprint density at radius 2 is 1.89 bits per heavy atom.